The molecule has 0 aromatic heterocycles. The second-order valence-corrected chi connectivity index (χ2v) is 5.65. The first-order valence-electron chi connectivity index (χ1n) is 4.48. The van der Waals surface area contributed by atoms with Crippen LogP contribution >= 0.6 is 0 Å². The van der Waals surface area contributed by atoms with E-state index < -0.39 is 0 Å². The fraction of sp³-hybridized carbons (Fsp3) is 0.909. The lowest BCUT2D eigenvalue weighted by Crippen LogP contribution is -2.23. The van der Waals surface area contributed by atoms with Crippen molar-refractivity contribution in [3.05, 3.63) is 6.92 Å². The predicted molar refractivity (Wildman–Crippen MR) is 52.4 cm³/mol. The first kappa shape index (κ1) is 11.0. The fourth-order valence-electron chi connectivity index (χ4n) is 1.19. The fourth-order valence-corrected chi connectivity index (χ4v) is 1.19. The molecule has 0 aliphatic heterocycles. The van der Waals surface area contributed by atoms with Gasteiger partial charge in [-0.2, -0.15) is 0 Å². The van der Waals surface area contributed by atoms with Crippen LogP contribution in [-0.4, -0.2) is 0 Å². The Morgan fingerprint density at radius 1 is 1.09 bits per heavy atom. The van der Waals surface area contributed by atoms with Crippen LogP contribution in [0.2, 0.25) is 0 Å². The lowest BCUT2D eigenvalue weighted by molar-refractivity contribution is 0.206. The Hall–Kier alpha value is 0. The van der Waals surface area contributed by atoms with E-state index in [1.165, 1.54) is 6.42 Å². The average molecular weight is 155 g/mol. The Morgan fingerprint density at radius 3 is 1.55 bits per heavy atom. The van der Waals surface area contributed by atoms with Gasteiger partial charge in [0.05, 0.1) is 0 Å². The Bertz CT molecular complexity index is 109. The topological polar surface area (TPSA) is 0 Å². The third kappa shape index (κ3) is 5.29. The van der Waals surface area contributed by atoms with Gasteiger partial charge in [0.15, 0.2) is 0 Å². The molecular formula is C11H23. The Labute approximate surface area is 72.4 Å². The molecule has 0 saturated heterocycles. The highest BCUT2D eigenvalue weighted by molar-refractivity contribution is 4.80. The molecule has 0 heteroatoms. The van der Waals surface area contributed by atoms with Crippen molar-refractivity contribution in [2.24, 2.45) is 16.7 Å². The summed E-state index contributed by atoms with van der Waals surface area (Å²) in [6.07, 6.45) is 1.25. The molecule has 0 N–H and O–H groups in total. The van der Waals surface area contributed by atoms with Gasteiger partial charge >= 0.3 is 0 Å². The van der Waals surface area contributed by atoms with Crippen molar-refractivity contribution in [2.75, 3.05) is 0 Å². The van der Waals surface area contributed by atoms with E-state index in [4.69, 9.17) is 0 Å². The van der Waals surface area contributed by atoms with Crippen LogP contribution in [0.1, 0.15) is 48.0 Å². The minimum atomic E-state index is 0.216. The first-order valence-corrected chi connectivity index (χ1v) is 4.48. The second kappa shape index (κ2) is 3.16. The standard InChI is InChI=1S/C11H23/c1-9(11(5,6)7)8-10(2,3)4/h9H,5,8H2,1-4,6-7H3. The highest BCUT2D eigenvalue weighted by Crippen LogP contribution is 2.34. The smallest absolute Gasteiger partial charge is 0.0328 e. The van der Waals surface area contributed by atoms with E-state index in [0.717, 1.165) is 0 Å². The van der Waals surface area contributed by atoms with Crippen molar-refractivity contribution < 1.29 is 0 Å². The molecule has 0 fully saturated rings. The molecule has 11 heavy (non-hydrogen) atoms. The highest BCUT2D eigenvalue weighted by Gasteiger charge is 2.24. The van der Waals surface area contributed by atoms with E-state index in [9.17, 15) is 0 Å². The van der Waals surface area contributed by atoms with E-state index in [0.29, 0.717) is 11.3 Å². The van der Waals surface area contributed by atoms with Gasteiger partial charge in [-0.3, -0.25) is 0 Å². The molecule has 0 bridgehead atoms. The first-order chi connectivity index (χ1) is 4.63. The molecule has 0 amide bonds. The zero-order valence-corrected chi connectivity index (χ0v) is 8.99. The van der Waals surface area contributed by atoms with Crippen molar-refractivity contribution in [1.29, 1.82) is 0 Å². The lowest BCUT2D eigenvalue weighted by atomic mass is 9.73. The van der Waals surface area contributed by atoms with E-state index in [1.54, 1.807) is 0 Å². The molecule has 0 nitrogen and oxygen atoms in total. The minimum absolute atomic E-state index is 0.216. The van der Waals surface area contributed by atoms with Crippen LogP contribution in [-0.2, 0) is 0 Å². The molecule has 0 aromatic rings. The zero-order valence-electron chi connectivity index (χ0n) is 8.99. The minimum Gasteiger partial charge on any atom is -0.0620 e. The summed E-state index contributed by atoms with van der Waals surface area (Å²) in [5.74, 6) is 0.697. The van der Waals surface area contributed by atoms with Crippen molar-refractivity contribution >= 4 is 0 Å². The maximum absolute atomic E-state index is 4.15. The third-order valence-electron chi connectivity index (χ3n) is 2.25. The number of rotatable bonds is 2. The quantitative estimate of drug-likeness (QED) is 0.567. The molecule has 0 saturated carbocycles. The van der Waals surface area contributed by atoms with E-state index in [1.807, 2.05) is 0 Å². The van der Waals surface area contributed by atoms with Gasteiger partial charge in [0, 0.05) is 0 Å². The van der Waals surface area contributed by atoms with E-state index >= 15 is 0 Å². The van der Waals surface area contributed by atoms with Crippen molar-refractivity contribution in [2.45, 2.75) is 48.0 Å². The van der Waals surface area contributed by atoms with Crippen LogP contribution in [0, 0.1) is 23.7 Å². The molecular weight excluding hydrogens is 132 g/mol. The van der Waals surface area contributed by atoms with Gasteiger partial charge in [-0.1, -0.05) is 41.5 Å². The molecule has 1 atom stereocenters. The molecule has 1 radical (unpaired) electrons. The summed E-state index contributed by atoms with van der Waals surface area (Å²) in [6.45, 7) is 17.7. The Balaban J connectivity index is 3.99. The van der Waals surface area contributed by atoms with E-state index in [2.05, 4.69) is 48.5 Å². The maximum Gasteiger partial charge on any atom is -0.0328 e. The van der Waals surface area contributed by atoms with Crippen molar-refractivity contribution in [3.8, 4) is 0 Å². The Morgan fingerprint density at radius 2 is 1.45 bits per heavy atom. The van der Waals surface area contributed by atoms with Crippen LogP contribution < -0.4 is 0 Å². The van der Waals surface area contributed by atoms with E-state index in [-0.39, 0.29) is 5.41 Å². The van der Waals surface area contributed by atoms with Gasteiger partial charge in [-0.25, -0.2) is 0 Å². The van der Waals surface area contributed by atoms with Crippen LogP contribution in [0.15, 0.2) is 0 Å². The van der Waals surface area contributed by atoms with Crippen LogP contribution in [0.5, 0.6) is 0 Å². The van der Waals surface area contributed by atoms with Crippen molar-refractivity contribution in [3.63, 3.8) is 0 Å². The van der Waals surface area contributed by atoms with Gasteiger partial charge in [-0.05, 0) is 30.1 Å². The predicted octanol–water partition coefficient (Wildman–Crippen LogP) is 3.92. The normalized spacial score (nSPS) is 16.6. The average Bonchev–Trinajstić information content (AvgIpc) is 1.56. The SMILES string of the molecule is [CH2]C(C)(C)C(C)CC(C)(C)C. The van der Waals surface area contributed by atoms with Gasteiger partial charge in [0.2, 0.25) is 0 Å². The molecule has 0 spiro atoms. The third-order valence-corrected chi connectivity index (χ3v) is 2.25. The molecule has 0 aliphatic rings. The second-order valence-electron chi connectivity index (χ2n) is 5.65. The molecule has 0 heterocycles. The largest absolute Gasteiger partial charge is 0.0620 e. The van der Waals surface area contributed by atoms with Crippen molar-refractivity contribution in [1.82, 2.24) is 0 Å². The highest BCUT2D eigenvalue weighted by atomic mass is 14.3. The molecule has 0 aromatic carbocycles. The van der Waals surface area contributed by atoms with Gasteiger partial charge in [0.1, 0.15) is 0 Å². The Kier molecular flexibility index (Phi) is 3.16. The maximum atomic E-state index is 4.15. The summed E-state index contributed by atoms with van der Waals surface area (Å²) in [6, 6.07) is 0. The molecule has 1 unspecified atom stereocenters. The number of hydrogen-bond donors (Lipinski definition) is 0. The summed E-state index contributed by atoms with van der Waals surface area (Å²) in [7, 11) is 0. The molecule has 0 rings (SSSR count). The van der Waals surface area contributed by atoms with Crippen LogP contribution in [0.4, 0.5) is 0 Å². The summed E-state index contributed by atoms with van der Waals surface area (Å²) >= 11 is 0. The monoisotopic (exact) mass is 155 g/mol. The van der Waals surface area contributed by atoms with Gasteiger partial charge in [0.25, 0.3) is 0 Å². The lowest BCUT2D eigenvalue weighted by Gasteiger charge is -2.32. The number of hydrogen-bond acceptors (Lipinski definition) is 0. The van der Waals surface area contributed by atoms with Crippen LogP contribution in [0.25, 0.3) is 0 Å². The molecule has 67 valence electrons. The van der Waals surface area contributed by atoms with Crippen LogP contribution in [0.3, 0.4) is 0 Å². The molecule has 0 aliphatic carbocycles. The zero-order chi connectivity index (χ0) is 9.28. The van der Waals surface area contributed by atoms with Gasteiger partial charge in [-0.15, -0.1) is 0 Å². The summed E-state index contributed by atoms with van der Waals surface area (Å²) in [4.78, 5) is 0. The summed E-state index contributed by atoms with van der Waals surface area (Å²) in [5.41, 5.74) is 0.654. The van der Waals surface area contributed by atoms with Gasteiger partial charge < -0.3 is 0 Å². The summed E-state index contributed by atoms with van der Waals surface area (Å²) in [5, 5.41) is 0. The summed E-state index contributed by atoms with van der Waals surface area (Å²) < 4.78 is 0.